The van der Waals surface area contributed by atoms with Crippen molar-refractivity contribution in [1.29, 1.82) is 0 Å². The first-order valence-corrected chi connectivity index (χ1v) is 8.61. The van der Waals surface area contributed by atoms with Crippen molar-refractivity contribution < 1.29 is 4.79 Å². The Kier molecular flexibility index (Phi) is 5.38. The van der Waals surface area contributed by atoms with Gasteiger partial charge in [0.1, 0.15) is 5.38 Å². The van der Waals surface area contributed by atoms with Crippen LogP contribution in [0, 0.1) is 0 Å². The van der Waals surface area contributed by atoms with Crippen LogP contribution in [0.4, 0.5) is 11.4 Å². The van der Waals surface area contributed by atoms with Gasteiger partial charge in [-0.2, -0.15) is 0 Å². The van der Waals surface area contributed by atoms with Gasteiger partial charge in [0.15, 0.2) is 0 Å². The van der Waals surface area contributed by atoms with E-state index in [9.17, 15) is 4.79 Å². The highest BCUT2D eigenvalue weighted by molar-refractivity contribution is 6.32. The number of hydrogen-bond donors (Lipinski definition) is 1. The Morgan fingerprint density at radius 3 is 2.33 bits per heavy atom. The molecule has 4 nitrogen and oxygen atoms in total. The zero-order valence-electron chi connectivity index (χ0n) is 13.8. The van der Waals surface area contributed by atoms with Crippen LogP contribution in [0.2, 0.25) is 0 Å². The second-order valence-corrected chi connectivity index (χ2v) is 6.51. The number of likely N-dealkylation sites (N-methyl/N-ethyl adjacent to an activating group) is 1. The van der Waals surface area contributed by atoms with Gasteiger partial charge in [0, 0.05) is 26.2 Å². The van der Waals surface area contributed by atoms with E-state index in [0.717, 1.165) is 43.1 Å². The smallest absolute Gasteiger partial charge is 0.247 e. The van der Waals surface area contributed by atoms with E-state index in [0.29, 0.717) is 0 Å². The van der Waals surface area contributed by atoms with Gasteiger partial charge in [0.2, 0.25) is 5.91 Å². The minimum Gasteiger partial charge on any atom is -0.367 e. The van der Waals surface area contributed by atoms with E-state index in [1.54, 1.807) is 0 Å². The Morgan fingerprint density at radius 2 is 1.62 bits per heavy atom. The number of anilines is 2. The van der Waals surface area contributed by atoms with Gasteiger partial charge < -0.3 is 15.1 Å². The Hall–Kier alpha value is -2.04. The van der Waals surface area contributed by atoms with E-state index in [4.69, 9.17) is 11.6 Å². The van der Waals surface area contributed by atoms with Gasteiger partial charge in [-0.15, -0.1) is 11.6 Å². The van der Waals surface area contributed by atoms with Gasteiger partial charge >= 0.3 is 0 Å². The third-order valence-electron chi connectivity index (χ3n) is 4.33. The maximum absolute atomic E-state index is 12.5. The lowest BCUT2D eigenvalue weighted by atomic mass is 10.1. The topological polar surface area (TPSA) is 35.6 Å². The molecule has 1 heterocycles. The van der Waals surface area contributed by atoms with Crippen molar-refractivity contribution in [3.05, 3.63) is 60.2 Å². The summed E-state index contributed by atoms with van der Waals surface area (Å²) in [6.45, 7) is 3.94. The summed E-state index contributed by atoms with van der Waals surface area (Å²) in [6, 6.07) is 17.3. The summed E-state index contributed by atoms with van der Waals surface area (Å²) in [5, 5.41) is 2.29. The summed E-state index contributed by atoms with van der Waals surface area (Å²) < 4.78 is 0. The maximum Gasteiger partial charge on any atom is 0.247 e. The molecule has 5 heteroatoms. The van der Waals surface area contributed by atoms with E-state index in [-0.39, 0.29) is 5.91 Å². The summed E-state index contributed by atoms with van der Waals surface area (Å²) in [5.41, 5.74) is 2.67. The number of para-hydroxylation sites is 2. The van der Waals surface area contributed by atoms with Gasteiger partial charge in [-0.1, -0.05) is 42.5 Å². The van der Waals surface area contributed by atoms with Crippen LogP contribution in [-0.4, -0.2) is 44.0 Å². The van der Waals surface area contributed by atoms with Crippen LogP contribution in [0.15, 0.2) is 54.6 Å². The first-order chi connectivity index (χ1) is 11.6. The van der Waals surface area contributed by atoms with Crippen molar-refractivity contribution >= 4 is 28.9 Å². The van der Waals surface area contributed by atoms with Crippen molar-refractivity contribution in [2.45, 2.75) is 5.38 Å². The number of rotatable bonds is 4. The van der Waals surface area contributed by atoms with Gasteiger partial charge in [-0.3, -0.25) is 4.79 Å². The number of carbonyl (C=O) groups is 1. The van der Waals surface area contributed by atoms with E-state index in [2.05, 4.69) is 22.2 Å². The molecule has 24 heavy (non-hydrogen) atoms. The monoisotopic (exact) mass is 343 g/mol. The molecule has 0 radical (unpaired) electrons. The molecule has 1 N–H and O–H groups in total. The van der Waals surface area contributed by atoms with Crippen LogP contribution < -0.4 is 10.2 Å². The van der Waals surface area contributed by atoms with Crippen LogP contribution in [0.3, 0.4) is 0 Å². The molecule has 2 aromatic carbocycles. The first-order valence-electron chi connectivity index (χ1n) is 8.17. The summed E-state index contributed by atoms with van der Waals surface area (Å²) >= 11 is 6.33. The van der Waals surface area contributed by atoms with Gasteiger partial charge in [-0.05, 0) is 24.7 Å². The third kappa shape index (κ3) is 3.89. The lowest BCUT2D eigenvalue weighted by Gasteiger charge is -2.35. The second-order valence-electron chi connectivity index (χ2n) is 6.07. The molecular weight excluding hydrogens is 322 g/mol. The maximum atomic E-state index is 12.5. The molecule has 0 unspecified atom stereocenters. The molecule has 2 aromatic rings. The van der Waals surface area contributed by atoms with Crippen LogP contribution in [0.5, 0.6) is 0 Å². The molecule has 0 bridgehead atoms. The van der Waals surface area contributed by atoms with E-state index in [1.807, 2.05) is 54.6 Å². The minimum absolute atomic E-state index is 0.204. The molecule has 0 saturated carbocycles. The Bertz CT molecular complexity index is 684. The fourth-order valence-corrected chi connectivity index (χ4v) is 3.07. The number of nitrogens with zero attached hydrogens (tertiary/aromatic N) is 2. The molecule has 1 aliphatic rings. The van der Waals surface area contributed by atoms with E-state index in [1.165, 1.54) is 0 Å². The zero-order chi connectivity index (χ0) is 16.9. The van der Waals surface area contributed by atoms with Gasteiger partial charge in [-0.25, -0.2) is 0 Å². The minimum atomic E-state index is -0.702. The van der Waals surface area contributed by atoms with Gasteiger partial charge in [0.05, 0.1) is 11.4 Å². The first kappa shape index (κ1) is 16.8. The highest BCUT2D eigenvalue weighted by Gasteiger charge is 2.21. The van der Waals surface area contributed by atoms with Crippen molar-refractivity contribution in [2.75, 3.05) is 43.4 Å². The molecule has 0 aromatic heterocycles. The molecular formula is C19H22ClN3O. The van der Waals surface area contributed by atoms with Crippen LogP contribution in [0.25, 0.3) is 0 Å². The Balaban J connectivity index is 1.74. The standard InChI is InChI=1S/C19H22ClN3O/c1-22-11-13-23(14-12-22)17-10-6-5-9-16(17)21-19(24)18(20)15-7-3-2-4-8-15/h2-10,18H,11-14H2,1H3,(H,21,24)/t18-/m0/s1. The van der Waals surface area contributed by atoms with Crippen molar-refractivity contribution in [2.24, 2.45) is 0 Å². The highest BCUT2D eigenvalue weighted by Crippen LogP contribution is 2.29. The summed E-state index contributed by atoms with van der Waals surface area (Å²) in [6.07, 6.45) is 0. The highest BCUT2D eigenvalue weighted by atomic mass is 35.5. The largest absolute Gasteiger partial charge is 0.367 e. The Morgan fingerprint density at radius 1 is 1.00 bits per heavy atom. The predicted molar refractivity (Wildman–Crippen MR) is 99.8 cm³/mol. The molecule has 0 spiro atoms. The predicted octanol–water partition coefficient (Wildman–Crippen LogP) is 3.36. The van der Waals surface area contributed by atoms with Crippen molar-refractivity contribution in [3.63, 3.8) is 0 Å². The average Bonchev–Trinajstić information content (AvgIpc) is 2.63. The molecule has 0 aliphatic carbocycles. The van der Waals surface area contributed by atoms with Gasteiger partial charge in [0.25, 0.3) is 0 Å². The van der Waals surface area contributed by atoms with Crippen molar-refractivity contribution in [3.8, 4) is 0 Å². The fraction of sp³-hybridized carbons (Fsp3) is 0.316. The SMILES string of the molecule is CN1CCN(c2ccccc2NC(=O)[C@@H](Cl)c2ccccc2)CC1. The van der Waals surface area contributed by atoms with E-state index >= 15 is 0 Å². The molecule has 1 atom stereocenters. The third-order valence-corrected chi connectivity index (χ3v) is 4.78. The zero-order valence-corrected chi connectivity index (χ0v) is 14.5. The fourth-order valence-electron chi connectivity index (χ4n) is 2.87. The number of piperazine rings is 1. The molecule has 1 amide bonds. The number of nitrogens with one attached hydrogen (secondary N) is 1. The van der Waals surface area contributed by atoms with Crippen LogP contribution >= 0.6 is 11.6 Å². The Labute approximate surface area is 148 Å². The quantitative estimate of drug-likeness (QED) is 0.865. The normalized spacial score (nSPS) is 16.7. The number of alkyl halides is 1. The van der Waals surface area contributed by atoms with Crippen LogP contribution in [-0.2, 0) is 4.79 Å². The number of hydrogen-bond acceptors (Lipinski definition) is 3. The lowest BCUT2D eigenvalue weighted by Crippen LogP contribution is -2.44. The number of carbonyl (C=O) groups excluding carboxylic acids is 1. The van der Waals surface area contributed by atoms with Crippen LogP contribution in [0.1, 0.15) is 10.9 Å². The molecule has 1 fully saturated rings. The molecule has 126 valence electrons. The average molecular weight is 344 g/mol. The van der Waals surface area contributed by atoms with E-state index < -0.39 is 5.38 Å². The second kappa shape index (κ2) is 7.69. The number of amides is 1. The molecule has 3 rings (SSSR count). The lowest BCUT2D eigenvalue weighted by molar-refractivity contribution is -0.116. The summed E-state index contributed by atoms with van der Waals surface area (Å²) in [7, 11) is 2.13. The molecule has 1 aliphatic heterocycles. The number of benzene rings is 2. The summed E-state index contributed by atoms with van der Waals surface area (Å²) in [5.74, 6) is -0.204. The molecule has 1 saturated heterocycles. The summed E-state index contributed by atoms with van der Waals surface area (Å²) in [4.78, 5) is 17.1. The number of halogens is 1. The van der Waals surface area contributed by atoms with Crippen molar-refractivity contribution in [1.82, 2.24) is 4.90 Å².